The first kappa shape index (κ1) is 18.8. The lowest BCUT2D eigenvalue weighted by atomic mass is 10.2. The van der Waals surface area contributed by atoms with Crippen LogP contribution in [0.5, 0.6) is 5.75 Å². The fourth-order valence-corrected chi connectivity index (χ4v) is 2.11. The first-order valence-corrected chi connectivity index (χ1v) is 8.03. The highest BCUT2D eigenvalue weighted by Gasteiger charge is 2.16. The number of halogens is 1. The number of nitrogens with one attached hydrogen (secondary N) is 2. The van der Waals surface area contributed by atoms with Gasteiger partial charge in [-0.25, -0.2) is 4.79 Å². The van der Waals surface area contributed by atoms with Gasteiger partial charge in [0.25, 0.3) is 0 Å². The third-order valence-corrected chi connectivity index (χ3v) is 3.62. The van der Waals surface area contributed by atoms with E-state index in [0.29, 0.717) is 13.1 Å². The Morgan fingerprint density at radius 3 is 2.64 bits per heavy atom. The molecule has 0 fully saturated rings. The number of carbonyl (C=O) groups excluding carboxylic acids is 1. The maximum atomic E-state index is 11.6. The second kappa shape index (κ2) is 8.39. The van der Waals surface area contributed by atoms with Gasteiger partial charge in [0.2, 0.25) is 0 Å². The summed E-state index contributed by atoms with van der Waals surface area (Å²) >= 11 is 3.52. The Hall–Kier alpha value is -1.27. The van der Waals surface area contributed by atoms with E-state index in [4.69, 9.17) is 9.47 Å². The van der Waals surface area contributed by atoms with Crippen molar-refractivity contribution < 1.29 is 14.3 Å². The molecule has 0 aliphatic heterocycles. The number of benzene rings is 1. The lowest BCUT2D eigenvalue weighted by Gasteiger charge is -2.21. The van der Waals surface area contributed by atoms with Gasteiger partial charge in [0.05, 0.1) is 7.11 Å². The number of methoxy groups -OCH3 is 1. The fourth-order valence-electron chi connectivity index (χ4n) is 1.72. The molecule has 0 heterocycles. The Morgan fingerprint density at radius 2 is 2.05 bits per heavy atom. The van der Waals surface area contributed by atoms with E-state index in [1.807, 2.05) is 45.9 Å². The monoisotopic (exact) mass is 372 g/mol. The second-order valence-corrected chi connectivity index (χ2v) is 6.98. The highest BCUT2D eigenvalue weighted by atomic mass is 79.9. The lowest BCUT2D eigenvalue weighted by Crippen LogP contribution is -2.41. The summed E-state index contributed by atoms with van der Waals surface area (Å²) in [6.07, 6.45) is -0.399. The zero-order chi connectivity index (χ0) is 16.8. The van der Waals surface area contributed by atoms with Gasteiger partial charge in [-0.2, -0.15) is 0 Å². The molecule has 1 aromatic carbocycles. The van der Waals surface area contributed by atoms with E-state index in [1.165, 1.54) is 0 Å². The molecule has 2 N–H and O–H groups in total. The van der Waals surface area contributed by atoms with Crippen LogP contribution in [0.15, 0.2) is 22.7 Å². The quantitative estimate of drug-likeness (QED) is 0.802. The topological polar surface area (TPSA) is 59.6 Å². The summed E-state index contributed by atoms with van der Waals surface area (Å²) in [5.74, 6) is 0.819. The van der Waals surface area contributed by atoms with Crippen LogP contribution in [0, 0.1) is 0 Å². The van der Waals surface area contributed by atoms with E-state index in [9.17, 15) is 4.79 Å². The molecule has 1 aromatic rings. The molecule has 0 spiro atoms. The molecule has 0 aliphatic carbocycles. The predicted molar refractivity (Wildman–Crippen MR) is 91.2 cm³/mol. The molecule has 0 radical (unpaired) electrons. The molecule has 124 valence electrons. The van der Waals surface area contributed by atoms with E-state index in [2.05, 4.69) is 26.6 Å². The van der Waals surface area contributed by atoms with Crippen LogP contribution in [-0.2, 0) is 11.3 Å². The van der Waals surface area contributed by atoms with Crippen molar-refractivity contribution in [2.75, 3.05) is 13.7 Å². The molecule has 22 heavy (non-hydrogen) atoms. The van der Waals surface area contributed by atoms with Gasteiger partial charge >= 0.3 is 6.09 Å². The molecule has 1 amide bonds. The van der Waals surface area contributed by atoms with Crippen LogP contribution >= 0.6 is 15.9 Å². The first-order valence-electron chi connectivity index (χ1n) is 7.24. The molecule has 0 bridgehead atoms. The third kappa shape index (κ3) is 7.13. The van der Waals surface area contributed by atoms with Gasteiger partial charge in [-0.15, -0.1) is 0 Å². The van der Waals surface area contributed by atoms with Crippen LogP contribution in [0.3, 0.4) is 0 Å². The van der Waals surface area contributed by atoms with Gasteiger partial charge in [-0.1, -0.05) is 15.9 Å². The minimum absolute atomic E-state index is 0.116. The number of carbonyl (C=O) groups is 1. The molecular formula is C16H25BrN2O3. The summed E-state index contributed by atoms with van der Waals surface area (Å²) in [5.41, 5.74) is 0.620. The molecule has 0 aliphatic rings. The van der Waals surface area contributed by atoms with Crippen molar-refractivity contribution in [2.24, 2.45) is 0 Å². The van der Waals surface area contributed by atoms with Crippen LogP contribution in [0.1, 0.15) is 33.3 Å². The van der Waals surface area contributed by atoms with Crippen LogP contribution < -0.4 is 15.4 Å². The first-order chi connectivity index (χ1) is 10.2. The maximum absolute atomic E-state index is 11.6. The molecule has 1 unspecified atom stereocenters. The predicted octanol–water partition coefficient (Wildman–Crippen LogP) is 3.46. The highest BCUT2D eigenvalue weighted by Crippen LogP contribution is 2.22. The minimum Gasteiger partial charge on any atom is -0.497 e. The SMILES string of the molecule is COc1ccc(Br)c(CNC(C)CNC(=O)OC(C)(C)C)c1. The Balaban J connectivity index is 2.40. The van der Waals surface area contributed by atoms with Crippen molar-refractivity contribution in [3.8, 4) is 5.75 Å². The van der Waals surface area contributed by atoms with Crippen molar-refractivity contribution in [1.29, 1.82) is 0 Å². The third-order valence-electron chi connectivity index (χ3n) is 2.85. The minimum atomic E-state index is -0.480. The Bertz CT molecular complexity index is 501. The van der Waals surface area contributed by atoms with Gasteiger partial charge in [-0.05, 0) is 51.5 Å². The molecular weight excluding hydrogens is 348 g/mol. The Morgan fingerprint density at radius 1 is 1.36 bits per heavy atom. The van der Waals surface area contributed by atoms with Crippen molar-refractivity contribution >= 4 is 22.0 Å². The van der Waals surface area contributed by atoms with Gasteiger partial charge in [0, 0.05) is 23.6 Å². The van der Waals surface area contributed by atoms with E-state index in [-0.39, 0.29) is 6.04 Å². The average Bonchev–Trinajstić information content (AvgIpc) is 2.42. The smallest absolute Gasteiger partial charge is 0.407 e. The summed E-state index contributed by atoms with van der Waals surface area (Å²) in [6, 6.07) is 5.96. The van der Waals surface area contributed by atoms with Crippen molar-refractivity contribution in [2.45, 2.75) is 45.9 Å². The van der Waals surface area contributed by atoms with Crippen molar-refractivity contribution in [3.05, 3.63) is 28.2 Å². The molecule has 0 saturated heterocycles. The number of amides is 1. The summed E-state index contributed by atoms with van der Waals surface area (Å²) in [7, 11) is 1.65. The largest absolute Gasteiger partial charge is 0.497 e. The number of hydrogen-bond acceptors (Lipinski definition) is 4. The molecule has 1 atom stereocenters. The summed E-state index contributed by atoms with van der Waals surface area (Å²) in [6.45, 7) is 8.70. The summed E-state index contributed by atoms with van der Waals surface area (Å²) < 4.78 is 11.4. The summed E-state index contributed by atoms with van der Waals surface area (Å²) in [5, 5.41) is 6.11. The fraction of sp³-hybridized carbons (Fsp3) is 0.562. The zero-order valence-electron chi connectivity index (χ0n) is 13.8. The number of hydrogen-bond donors (Lipinski definition) is 2. The molecule has 5 nitrogen and oxygen atoms in total. The molecule has 1 rings (SSSR count). The zero-order valence-corrected chi connectivity index (χ0v) is 15.4. The Kier molecular flexibility index (Phi) is 7.16. The normalized spacial score (nSPS) is 12.6. The molecule has 6 heteroatoms. The number of rotatable bonds is 6. The number of alkyl carbamates (subject to hydrolysis) is 1. The Labute approximate surface area is 140 Å². The van der Waals surface area contributed by atoms with Gasteiger partial charge in [-0.3, -0.25) is 0 Å². The highest BCUT2D eigenvalue weighted by molar-refractivity contribution is 9.10. The lowest BCUT2D eigenvalue weighted by molar-refractivity contribution is 0.0523. The molecule has 0 aromatic heterocycles. The number of ether oxygens (including phenoxy) is 2. The van der Waals surface area contributed by atoms with Crippen molar-refractivity contribution in [1.82, 2.24) is 10.6 Å². The average molecular weight is 373 g/mol. The van der Waals surface area contributed by atoms with Gasteiger partial charge in [0.1, 0.15) is 11.4 Å². The van der Waals surface area contributed by atoms with E-state index in [0.717, 1.165) is 15.8 Å². The second-order valence-electron chi connectivity index (χ2n) is 6.12. The van der Waals surface area contributed by atoms with Crippen LogP contribution in [0.2, 0.25) is 0 Å². The van der Waals surface area contributed by atoms with Crippen LogP contribution in [0.4, 0.5) is 4.79 Å². The van der Waals surface area contributed by atoms with E-state index in [1.54, 1.807) is 7.11 Å². The summed E-state index contributed by atoms with van der Waals surface area (Å²) in [4.78, 5) is 11.6. The maximum Gasteiger partial charge on any atom is 0.407 e. The van der Waals surface area contributed by atoms with Gasteiger partial charge in [0.15, 0.2) is 0 Å². The van der Waals surface area contributed by atoms with Gasteiger partial charge < -0.3 is 20.1 Å². The van der Waals surface area contributed by atoms with Crippen LogP contribution in [-0.4, -0.2) is 31.4 Å². The standard InChI is InChI=1S/C16H25BrN2O3/c1-11(9-19-15(20)22-16(2,3)4)18-10-12-8-13(21-5)6-7-14(12)17/h6-8,11,18H,9-10H2,1-5H3,(H,19,20). The van der Waals surface area contributed by atoms with E-state index < -0.39 is 11.7 Å². The van der Waals surface area contributed by atoms with Crippen LogP contribution in [0.25, 0.3) is 0 Å². The van der Waals surface area contributed by atoms with Crippen molar-refractivity contribution in [3.63, 3.8) is 0 Å². The molecule has 0 saturated carbocycles. The van der Waals surface area contributed by atoms with E-state index >= 15 is 0 Å².